The molecule has 4 rings (SSSR count). The molecule has 1 N–H and O–H groups in total. The molecule has 3 atom stereocenters. The van der Waals surface area contributed by atoms with Crippen molar-refractivity contribution in [2.24, 2.45) is 0 Å². The van der Waals surface area contributed by atoms with Crippen LogP contribution in [0.25, 0.3) is 0 Å². The van der Waals surface area contributed by atoms with Crippen LogP contribution in [0.4, 0.5) is 0 Å². The molecule has 3 unspecified atom stereocenters. The number of para-hydroxylation sites is 2. The first-order valence-electron chi connectivity index (χ1n) is 8.53. The van der Waals surface area contributed by atoms with Gasteiger partial charge in [-0.2, -0.15) is 0 Å². The van der Waals surface area contributed by atoms with Gasteiger partial charge in [0.2, 0.25) is 6.10 Å². The minimum absolute atomic E-state index is 0.0513. The summed E-state index contributed by atoms with van der Waals surface area (Å²) in [5, 5.41) is 3.16. The molecule has 1 aliphatic carbocycles. The lowest BCUT2D eigenvalue weighted by Crippen LogP contribution is -2.50. The van der Waals surface area contributed by atoms with Gasteiger partial charge in [0, 0.05) is 0 Å². The average molecular weight is 323 g/mol. The Hall–Kier alpha value is -2.49. The highest BCUT2D eigenvalue weighted by atomic mass is 16.6. The van der Waals surface area contributed by atoms with Gasteiger partial charge in [-0.25, -0.2) is 0 Å². The van der Waals surface area contributed by atoms with Crippen molar-refractivity contribution in [3.63, 3.8) is 0 Å². The predicted octanol–water partition coefficient (Wildman–Crippen LogP) is 3.41. The number of amides is 1. The Labute approximate surface area is 141 Å². The van der Waals surface area contributed by atoms with Crippen molar-refractivity contribution >= 4 is 5.91 Å². The van der Waals surface area contributed by atoms with Gasteiger partial charge in [0.05, 0.1) is 6.04 Å². The number of carbonyl (C=O) groups excluding carboxylic acids is 1. The molecular formula is C20H21NO3. The Morgan fingerprint density at radius 3 is 2.58 bits per heavy atom. The summed E-state index contributed by atoms with van der Waals surface area (Å²) in [6.07, 6.45) is 2.17. The minimum atomic E-state index is -0.631. The fourth-order valence-electron chi connectivity index (χ4n) is 3.56. The van der Waals surface area contributed by atoms with Crippen molar-refractivity contribution in [1.29, 1.82) is 0 Å². The second-order valence-electron chi connectivity index (χ2n) is 6.46. The van der Waals surface area contributed by atoms with Gasteiger partial charge in [-0.05, 0) is 49.4 Å². The first-order valence-corrected chi connectivity index (χ1v) is 8.53. The highest BCUT2D eigenvalue weighted by Crippen LogP contribution is 2.34. The van der Waals surface area contributed by atoms with E-state index in [1.807, 2.05) is 37.3 Å². The normalized spacial score (nSPS) is 24.8. The third-order valence-corrected chi connectivity index (χ3v) is 4.79. The van der Waals surface area contributed by atoms with Crippen LogP contribution in [0.1, 0.15) is 36.9 Å². The summed E-state index contributed by atoms with van der Waals surface area (Å²) in [5.41, 5.74) is 2.55. The lowest BCUT2D eigenvalue weighted by Gasteiger charge is -2.33. The quantitative estimate of drug-likeness (QED) is 0.921. The molecule has 1 amide bonds. The van der Waals surface area contributed by atoms with Crippen molar-refractivity contribution in [2.75, 3.05) is 0 Å². The molecule has 0 spiro atoms. The Morgan fingerprint density at radius 1 is 1.04 bits per heavy atom. The summed E-state index contributed by atoms with van der Waals surface area (Å²) in [5.74, 6) is 1.20. The zero-order chi connectivity index (χ0) is 16.5. The van der Waals surface area contributed by atoms with Crippen LogP contribution < -0.4 is 14.8 Å². The number of aryl methyl sites for hydroxylation is 1. The minimum Gasteiger partial charge on any atom is -0.482 e. The average Bonchev–Trinajstić information content (AvgIpc) is 2.61. The Kier molecular flexibility index (Phi) is 3.89. The molecule has 2 aliphatic rings. The largest absolute Gasteiger partial charge is 0.482 e. The summed E-state index contributed by atoms with van der Waals surface area (Å²) in [6.45, 7) is 1.87. The van der Waals surface area contributed by atoms with Crippen molar-refractivity contribution in [3.8, 4) is 11.5 Å². The zero-order valence-corrected chi connectivity index (χ0v) is 13.7. The van der Waals surface area contributed by atoms with Gasteiger partial charge in [0.25, 0.3) is 5.91 Å². The molecule has 4 heteroatoms. The van der Waals surface area contributed by atoms with Gasteiger partial charge in [-0.1, -0.05) is 36.4 Å². The van der Waals surface area contributed by atoms with Gasteiger partial charge in [-0.15, -0.1) is 0 Å². The molecule has 0 saturated heterocycles. The molecule has 0 saturated carbocycles. The number of hydrogen-bond donors (Lipinski definition) is 1. The van der Waals surface area contributed by atoms with E-state index in [0.29, 0.717) is 11.5 Å². The number of hydrogen-bond acceptors (Lipinski definition) is 3. The number of ether oxygens (including phenoxy) is 2. The third kappa shape index (κ3) is 2.73. The van der Waals surface area contributed by atoms with Crippen LogP contribution in [0.2, 0.25) is 0 Å². The van der Waals surface area contributed by atoms with Crippen LogP contribution in [0.3, 0.4) is 0 Å². The molecular weight excluding hydrogens is 302 g/mol. The second kappa shape index (κ2) is 6.19. The van der Waals surface area contributed by atoms with E-state index < -0.39 is 6.10 Å². The van der Waals surface area contributed by atoms with Crippen molar-refractivity contribution < 1.29 is 14.3 Å². The van der Waals surface area contributed by atoms with E-state index in [2.05, 4.69) is 23.5 Å². The Balaban J connectivity index is 1.51. The fraction of sp³-hybridized carbons (Fsp3) is 0.350. The SMILES string of the molecule is CC1Oc2ccccc2OC1C(=O)NC1CCCc2ccccc21. The van der Waals surface area contributed by atoms with Gasteiger partial charge in [0.1, 0.15) is 6.10 Å². The van der Waals surface area contributed by atoms with Crippen LogP contribution in [0.5, 0.6) is 11.5 Å². The lowest BCUT2D eigenvalue weighted by atomic mass is 9.87. The van der Waals surface area contributed by atoms with E-state index in [1.54, 1.807) is 0 Å². The van der Waals surface area contributed by atoms with Crippen LogP contribution >= 0.6 is 0 Å². The first kappa shape index (κ1) is 15.1. The van der Waals surface area contributed by atoms with Gasteiger partial charge in [-0.3, -0.25) is 4.79 Å². The molecule has 2 aromatic rings. The first-order chi connectivity index (χ1) is 11.7. The van der Waals surface area contributed by atoms with Gasteiger partial charge in [0.15, 0.2) is 11.5 Å². The van der Waals surface area contributed by atoms with E-state index in [0.717, 1.165) is 19.3 Å². The molecule has 1 aliphatic heterocycles. The number of benzene rings is 2. The van der Waals surface area contributed by atoms with Crippen molar-refractivity contribution in [1.82, 2.24) is 5.32 Å². The molecule has 0 aromatic heterocycles. The van der Waals surface area contributed by atoms with Crippen LogP contribution in [-0.2, 0) is 11.2 Å². The number of nitrogens with one attached hydrogen (secondary N) is 1. The topological polar surface area (TPSA) is 47.6 Å². The highest BCUT2D eigenvalue weighted by Gasteiger charge is 2.35. The van der Waals surface area contributed by atoms with Crippen LogP contribution in [0, 0.1) is 0 Å². The van der Waals surface area contributed by atoms with E-state index in [9.17, 15) is 4.79 Å². The predicted molar refractivity (Wildman–Crippen MR) is 91.2 cm³/mol. The molecule has 0 fully saturated rings. The fourth-order valence-corrected chi connectivity index (χ4v) is 3.56. The molecule has 24 heavy (non-hydrogen) atoms. The summed E-state index contributed by atoms with van der Waals surface area (Å²) < 4.78 is 11.7. The third-order valence-electron chi connectivity index (χ3n) is 4.79. The second-order valence-corrected chi connectivity index (χ2v) is 6.46. The summed E-state index contributed by atoms with van der Waals surface area (Å²) >= 11 is 0. The summed E-state index contributed by atoms with van der Waals surface area (Å²) in [7, 11) is 0. The van der Waals surface area contributed by atoms with E-state index >= 15 is 0 Å². The van der Waals surface area contributed by atoms with Gasteiger partial charge >= 0.3 is 0 Å². The zero-order valence-electron chi connectivity index (χ0n) is 13.7. The summed E-state index contributed by atoms with van der Waals surface area (Å²) in [6, 6.07) is 15.9. The maximum Gasteiger partial charge on any atom is 0.265 e. The molecule has 1 heterocycles. The number of rotatable bonds is 2. The van der Waals surface area contributed by atoms with Gasteiger partial charge < -0.3 is 14.8 Å². The molecule has 124 valence electrons. The lowest BCUT2D eigenvalue weighted by molar-refractivity contribution is -0.134. The number of fused-ring (bicyclic) bond motifs is 2. The summed E-state index contributed by atoms with van der Waals surface area (Å²) in [4.78, 5) is 12.8. The van der Waals surface area contributed by atoms with E-state index in [1.165, 1.54) is 11.1 Å². The smallest absolute Gasteiger partial charge is 0.265 e. The Bertz CT molecular complexity index is 758. The molecule has 0 radical (unpaired) electrons. The maximum absolute atomic E-state index is 12.8. The van der Waals surface area contributed by atoms with Crippen LogP contribution in [-0.4, -0.2) is 18.1 Å². The standard InChI is InChI=1S/C20H21NO3/c1-13-19(24-18-12-5-4-11-17(18)23-13)20(22)21-16-10-6-8-14-7-2-3-9-15(14)16/h2-5,7,9,11-13,16,19H,6,8,10H2,1H3,(H,21,22). The van der Waals surface area contributed by atoms with Crippen molar-refractivity contribution in [2.45, 2.75) is 44.4 Å². The number of carbonyl (C=O) groups is 1. The molecule has 4 nitrogen and oxygen atoms in total. The van der Waals surface area contributed by atoms with E-state index in [-0.39, 0.29) is 18.1 Å². The highest BCUT2D eigenvalue weighted by molar-refractivity contribution is 5.82. The Morgan fingerprint density at radius 2 is 1.75 bits per heavy atom. The monoisotopic (exact) mass is 323 g/mol. The maximum atomic E-state index is 12.8. The van der Waals surface area contributed by atoms with E-state index in [4.69, 9.17) is 9.47 Å². The van der Waals surface area contributed by atoms with Crippen molar-refractivity contribution in [3.05, 3.63) is 59.7 Å². The van der Waals surface area contributed by atoms with Crippen LogP contribution in [0.15, 0.2) is 48.5 Å². The molecule has 2 aromatic carbocycles. The molecule has 0 bridgehead atoms.